The van der Waals surface area contributed by atoms with Crippen molar-refractivity contribution in [3.05, 3.63) is 20.8 Å². The molecule has 0 saturated heterocycles. The van der Waals surface area contributed by atoms with Gasteiger partial charge in [-0.2, -0.15) is 0 Å². The molecular weight excluding hydrogens is 288 g/mol. The van der Waals surface area contributed by atoms with Gasteiger partial charge in [-0.3, -0.25) is 19.1 Å². The molecule has 3 N–H and O–H groups in total. The Balaban J connectivity index is 3.47. The molecule has 22 heavy (non-hydrogen) atoms. The molecular formula is C14H24N4O4. The summed E-state index contributed by atoms with van der Waals surface area (Å²) in [7, 11) is 1.50. The fourth-order valence-corrected chi connectivity index (χ4v) is 2.11. The van der Waals surface area contributed by atoms with Gasteiger partial charge in [-0.25, -0.2) is 4.79 Å². The average Bonchev–Trinajstić information content (AvgIpc) is 2.45. The van der Waals surface area contributed by atoms with Crippen molar-refractivity contribution >= 4 is 17.4 Å². The summed E-state index contributed by atoms with van der Waals surface area (Å²) >= 11 is 0. The third kappa shape index (κ3) is 3.76. The van der Waals surface area contributed by atoms with Crippen LogP contribution in [0, 0.1) is 5.92 Å². The van der Waals surface area contributed by atoms with Crippen LogP contribution >= 0.6 is 0 Å². The number of nitrogens with zero attached hydrogens (tertiary/aromatic N) is 2. The van der Waals surface area contributed by atoms with Crippen LogP contribution in [0.15, 0.2) is 9.59 Å². The first kappa shape index (κ1) is 18.0. The number of rotatable bonds is 7. The van der Waals surface area contributed by atoms with Gasteiger partial charge in [0.25, 0.3) is 5.56 Å². The van der Waals surface area contributed by atoms with Crippen LogP contribution in [0.25, 0.3) is 0 Å². The van der Waals surface area contributed by atoms with E-state index in [-0.39, 0.29) is 36.5 Å². The lowest BCUT2D eigenvalue weighted by Gasteiger charge is -2.25. The second-order valence-electron chi connectivity index (χ2n) is 5.28. The number of aromatic nitrogens is 2. The van der Waals surface area contributed by atoms with E-state index < -0.39 is 11.2 Å². The second kappa shape index (κ2) is 7.79. The lowest BCUT2D eigenvalue weighted by molar-refractivity contribution is -0.121. The summed E-state index contributed by atoms with van der Waals surface area (Å²) < 4.78 is 6.26. The first-order valence-electron chi connectivity index (χ1n) is 7.28. The van der Waals surface area contributed by atoms with Crippen LogP contribution in [0.4, 0.5) is 11.5 Å². The molecule has 1 heterocycles. The van der Waals surface area contributed by atoms with Crippen molar-refractivity contribution in [2.24, 2.45) is 5.92 Å². The van der Waals surface area contributed by atoms with Crippen LogP contribution in [0.1, 0.15) is 27.2 Å². The minimum atomic E-state index is -0.667. The Morgan fingerprint density at radius 3 is 2.55 bits per heavy atom. The Kier molecular flexibility index (Phi) is 6.36. The summed E-state index contributed by atoms with van der Waals surface area (Å²) in [4.78, 5) is 39.9. The molecule has 0 aliphatic heterocycles. The normalized spacial score (nSPS) is 11.0. The molecule has 8 nitrogen and oxygen atoms in total. The van der Waals surface area contributed by atoms with Crippen LogP contribution in [0.5, 0.6) is 0 Å². The highest BCUT2D eigenvalue weighted by molar-refractivity contribution is 5.96. The van der Waals surface area contributed by atoms with Gasteiger partial charge in [-0.1, -0.05) is 20.8 Å². The molecule has 0 aromatic carbocycles. The van der Waals surface area contributed by atoms with Crippen molar-refractivity contribution in [2.75, 3.05) is 30.9 Å². The molecule has 1 amide bonds. The summed E-state index contributed by atoms with van der Waals surface area (Å²) in [6, 6.07) is 0. The van der Waals surface area contributed by atoms with Crippen molar-refractivity contribution < 1.29 is 9.53 Å². The zero-order valence-corrected chi connectivity index (χ0v) is 13.5. The number of ether oxygens (including phenoxy) is 1. The maximum Gasteiger partial charge on any atom is 0.330 e. The van der Waals surface area contributed by atoms with Crippen molar-refractivity contribution in [1.82, 2.24) is 9.55 Å². The van der Waals surface area contributed by atoms with Crippen LogP contribution in [0.2, 0.25) is 0 Å². The van der Waals surface area contributed by atoms with E-state index >= 15 is 0 Å². The Morgan fingerprint density at radius 1 is 1.41 bits per heavy atom. The number of nitrogen functional groups attached to an aromatic ring is 1. The molecule has 0 bridgehead atoms. The third-order valence-electron chi connectivity index (χ3n) is 3.21. The molecule has 0 saturated carbocycles. The molecule has 1 aromatic heterocycles. The van der Waals surface area contributed by atoms with Crippen LogP contribution < -0.4 is 21.9 Å². The number of hydrogen-bond donors (Lipinski definition) is 2. The molecule has 0 radical (unpaired) electrons. The van der Waals surface area contributed by atoms with Gasteiger partial charge < -0.3 is 15.4 Å². The highest BCUT2D eigenvalue weighted by atomic mass is 16.5. The predicted molar refractivity (Wildman–Crippen MR) is 85.1 cm³/mol. The van der Waals surface area contributed by atoms with E-state index in [1.54, 1.807) is 13.8 Å². The highest BCUT2D eigenvalue weighted by Crippen LogP contribution is 2.19. The second-order valence-corrected chi connectivity index (χ2v) is 5.28. The molecule has 0 atom stereocenters. The summed E-state index contributed by atoms with van der Waals surface area (Å²) in [6.45, 7) is 6.15. The van der Waals surface area contributed by atoms with Gasteiger partial charge in [0.1, 0.15) is 5.82 Å². The zero-order chi connectivity index (χ0) is 16.9. The summed E-state index contributed by atoms with van der Waals surface area (Å²) in [5.74, 6) is -0.571. The summed E-state index contributed by atoms with van der Waals surface area (Å²) in [5, 5.41) is 0. The van der Waals surface area contributed by atoms with Crippen molar-refractivity contribution in [3.63, 3.8) is 0 Å². The van der Waals surface area contributed by atoms with E-state index in [4.69, 9.17) is 10.5 Å². The van der Waals surface area contributed by atoms with E-state index in [1.165, 1.54) is 16.6 Å². The molecule has 1 aromatic rings. The lowest BCUT2D eigenvalue weighted by atomic mass is 10.2. The Morgan fingerprint density at radius 2 is 2.05 bits per heavy atom. The molecule has 0 spiro atoms. The van der Waals surface area contributed by atoms with E-state index in [1.807, 2.05) is 6.92 Å². The first-order valence-corrected chi connectivity index (χ1v) is 7.28. The van der Waals surface area contributed by atoms with E-state index in [9.17, 15) is 14.4 Å². The molecule has 0 unspecified atom stereocenters. The number of methoxy groups -OCH3 is 1. The number of H-pyrrole nitrogens is 1. The van der Waals surface area contributed by atoms with Gasteiger partial charge in [0, 0.05) is 26.1 Å². The largest absolute Gasteiger partial charge is 0.383 e. The Labute approximate surface area is 128 Å². The van der Waals surface area contributed by atoms with E-state index in [0.29, 0.717) is 13.0 Å². The third-order valence-corrected chi connectivity index (χ3v) is 3.21. The number of hydrogen-bond acceptors (Lipinski definition) is 5. The van der Waals surface area contributed by atoms with Crippen LogP contribution in [-0.2, 0) is 16.1 Å². The van der Waals surface area contributed by atoms with Crippen molar-refractivity contribution in [1.29, 1.82) is 0 Å². The molecule has 0 aliphatic carbocycles. The molecule has 1 rings (SSSR count). The van der Waals surface area contributed by atoms with Crippen LogP contribution in [0.3, 0.4) is 0 Å². The number of nitrogens with two attached hydrogens (primary N) is 1. The van der Waals surface area contributed by atoms with Gasteiger partial charge in [0.2, 0.25) is 5.91 Å². The number of anilines is 2. The maximum absolute atomic E-state index is 12.4. The lowest BCUT2D eigenvalue weighted by Crippen LogP contribution is -2.44. The number of carbonyl (C=O) groups is 1. The standard InChI is InChI=1S/C14H24N4O4/c1-5-6-18-11(15)10(12(19)16-14(18)21)17(7-8-22-4)13(20)9(2)3/h9H,5-8,15H2,1-4H3,(H,16,19,21). The fourth-order valence-electron chi connectivity index (χ4n) is 2.11. The van der Waals surface area contributed by atoms with Crippen molar-refractivity contribution in [3.8, 4) is 0 Å². The highest BCUT2D eigenvalue weighted by Gasteiger charge is 2.25. The summed E-state index contributed by atoms with van der Waals surface area (Å²) in [5.41, 5.74) is 4.75. The fraction of sp³-hybridized carbons (Fsp3) is 0.643. The Hall–Kier alpha value is -2.09. The predicted octanol–water partition coefficient (Wildman–Crippen LogP) is 0.164. The SMILES string of the molecule is CCCn1c(N)c(N(CCOC)C(=O)C(C)C)c(=O)[nH]c1=O. The maximum atomic E-state index is 12.4. The van der Waals surface area contributed by atoms with Crippen LogP contribution in [-0.4, -0.2) is 35.7 Å². The minimum absolute atomic E-state index is 0.000651. The van der Waals surface area contributed by atoms with Gasteiger partial charge in [0.05, 0.1) is 6.61 Å². The molecule has 0 aliphatic rings. The van der Waals surface area contributed by atoms with E-state index in [0.717, 1.165) is 0 Å². The quantitative estimate of drug-likeness (QED) is 0.745. The Bertz CT molecular complexity index is 633. The summed E-state index contributed by atoms with van der Waals surface area (Å²) in [6.07, 6.45) is 0.672. The van der Waals surface area contributed by atoms with Gasteiger partial charge in [-0.05, 0) is 6.42 Å². The topological polar surface area (TPSA) is 110 Å². The van der Waals surface area contributed by atoms with E-state index in [2.05, 4.69) is 4.98 Å². The van der Waals surface area contributed by atoms with Gasteiger partial charge in [-0.15, -0.1) is 0 Å². The number of aromatic amines is 1. The molecule has 124 valence electrons. The van der Waals surface area contributed by atoms with Crippen molar-refractivity contribution in [2.45, 2.75) is 33.7 Å². The smallest absolute Gasteiger partial charge is 0.330 e. The average molecular weight is 312 g/mol. The first-order chi connectivity index (χ1) is 10.3. The number of nitrogens with one attached hydrogen (secondary N) is 1. The minimum Gasteiger partial charge on any atom is -0.383 e. The number of carbonyl (C=O) groups excluding carboxylic acids is 1. The van der Waals surface area contributed by atoms with Gasteiger partial charge in [0.15, 0.2) is 5.69 Å². The van der Waals surface area contributed by atoms with Gasteiger partial charge >= 0.3 is 5.69 Å². The molecule has 8 heteroatoms. The number of amides is 1. The monoisotopic (exact) mass is 312 g/mol. The zero-order valence-electron chi connectivity index (χ0n) is 13.5. The molecule has 0 fully saturated rings.